The first kappa shape index (κ1) is 17.3. The van der Waals surface area contributed by atoms with E-state index in [1.54, 1.807) is 7.05 Å². The van der Waals surface area contributed by atoms with E-state index in [0.717, 1.165) is 4.57 Å². The summed E-state index contributed by atoms with van der Waals surface area (Å²) in [5.41, 5.74) is -0.465. The molecule has 0 spiro atoms. The van der Waals surface area contributed by atoms with Crippen LogP contribution in [0.4, 0.5) is 0 Å². The van der Waals surface area contributed by atoms with Crippen LogP contribution in [-0.2, 0) is 20.5 Å². The number of rotatable bonds is 3. The van der Waals surface area contributed by atoms with Crippen molar-refractivity contribution in [2.24, 2.45) is 19.5 Å². The molecule has 0 fully saturated rings. The minimum atomic E-state index is -0.407. The molecule has 23 heavy (non-hydrogen) atoms. The van der Waals surface area contributed by atoms with Crippen molar-refractivity contribution >= 4 is 22.8 Å². The quantitative estimate of drug-likeness (QED) is 0.482. The monoisotopic (exact) mass is 332 g/mol. The molecule has 0 radical (unpaired) electrons. The molecule has 0 aromatic carbocycles. The maximum absolute atomic E-state index is 12.5. The lowest BCUT2D eigenvalue weighted by Gasteiger charge is -2.18. The van der Waals surface area contributed by atoms with Crippen molar-refractivity contribution in [1.82, 2.24) is 19.1 Å². The molecule has 0 aliphatic rings. The molecule has 0 unspecified atom stereocenters. The van der Waals surface area contributed by atoms with Crippen molar-refractivity contribution < 1.29 is 0 Å². The van der Waals surface area contributed by atoms with E-state index in [4.69, 9.17) is 6.42 Å². The Kier molecular flexibility index (Phi) is 4.66. The molecule has 2 aromatic heterocycles. The standard InChI is InChI=1S/C16H20N4O2S/c1-7-8-23-13-11-12(17-10(18-13)9-16(2,3)4)19(5)15(22)20(6)14(11)21/h1H,8-9H2,2-6H3. The van der Waals surface area contributed by atoms with Gasteiger partial charge in [0, 0.05) is 20.5 Å². The van der Waals surface area contributed by atoms with Gasteiger partial charge < -0.3 is 0 Å². The summed E-state index contributed by atoms with van der Waals surface area (Å²) in [5, 5.41) is 0.871. The first-order chi connectivity index (χ1) is 10.7. The second-order valence-corrected chi connectivity index (χ2v) is 7.54. The molecular formula is C16H20N4O2S. The number of aromatic nitrogens is 4. The Hall–Kier alpha value is -2.07. The van der Waals surface area contributed by atoms with Gasteiger partial charge in [-0.3, -0.25) is 13.9 Å². The van der Waals surface area contributed by atoms with E-state index in [1.165, 1.54) is 23.4 Å². The van der Waals surface area contributed by atoms with Gasteiger partial charge in [-0.15, -0.1) is 6.42 Å². The van der Waals surface area contributed by atoms with Crippen LogP contribution >= 0.6 is 11.8 Å². The Labute approximate surface area is 139 Å². The number of hydrogen-bond acceptors (Lipinski definition) is 5. The predicted octanol–water partition coefficient (Wildman–Crippen LogP) is 1.34. The number of hydrogen-bond donors (Lipinski definition) is 0. The van der Waals surface area contributed by atoms with Crippen LogP contribution in [0.25, 0.3) is 11.0 Å². The number of nitrogens with zero attached hydrogens (tertiary/aromatic N) is 4. The smallest absolute Gasteiger partial charge is 0.280 e. The average molecular weight is 332 g/mol. The van der Waals surface area contributed by atoms with Crippen molar-refractivity contribution in [2.45, 2.75) is 32.2 Å². The van der Waals surface area contributed by atoms with Crippen LogP contribution in [0.2, 0.25) is 0 Å². The Morgan fingerprint density at radius 3 is 2.39 bits per heavy atom. The van der Waals surface area contributed by atoms with E-state index in [9.17, 15) is 9.59 Å². The van der Waals surface area contributed by atoms with E-state index in [-0.39, 0.29) is 5.41 Å². The summed E-state index contributed by atoms with van der Waals surface area (Å²) < 4.78 is 2.44. The van der Waals surface area contributed by atoms with Crippen LogP contribution in [0.5, 0.6) is 0 Å². The molecule has 6 nitrogen and oxygen atoms in total. The lowest BCUT2D eigenvalue weighted by atomic mass is 9.92. The summed E-state index contributed by atoms with van der Waals surface area (Å²) in [4.78, 5) is 33.6. The van der Waals surface area contributed by atoms with Gasteiger partial charge in [0.2, 0.25) is 0 Å². The van der Waals surface area contributed by atoms with Crippen molar-refractivity contribution in [1.29, 1.82) is 0 Å². The Morgan fingerprint density at radius 1 is 1.17 bits per heavy atom. The largest absolute Gasteiger partial charge is 0.332 e. The van der Waals surface area contributed by atoms with Gasteiger partial charge in [0.05, 0.1) is 5.75 Å². The van der Waals surface area contributed by atoms with E-state index >= 15 is 0 Å². The molecule has 122 valence electrons. The molecule has 2 aromatic rings. The Morgan fingerprint density at radius 2 is 1.83 bits per heavy atom. The van der Waals surface area contributed by atoms with Gasteiger partial charge in [-0.05, 0) is 5.41 Å². The van der Waals surface area contributed by atoms with Crippen LogP contribution in [0.3, 0.4) is 0 Å². The average Bonchev–Trinajstić information content (AvgIpc) is 2.46. The van der Waals surface area contributed by atoms with Crippen LogP contribution in [0.15, 0.2) is 14.6 Å². The molecule has 0 N–H and O–H groups in total. The SMILES string of the molecule is C#CCSc1nc(CC(C)(C)C)nc2c1c(=O)n(C)c(=O)n2C. The maximum atomic E-state index is 12.5. The number of aryl methyl sites for hydroxylation is 1. The highest BCUT2D eigenvalue weighted by Gasteiger charge is 2.20. The second kappa shape index (κ2) is 6.20. The molecule has 2 rings (SSSR count). The summed E-state index contributed by atoms with van der Waals surface area (Å²) in [6.45, 7) is 6.24. The van der Waals surface area contributed by atoms with Crippen molar-refractivity contribution in [3.05, 3.63) is 26.7 Å². The third kappa shape index (κ3) is 3.48. The maximum Gasteiger partial charge on any atom is 0.332 e. The Balaban J connectivity index is 2.85. The highest BCUT2D eigenvalue weighted by Crippen LogP contribution is 2.25. The van der Waals surface area contributed by atoms with Gasteiger partial charge in [0.1, 0.15) is 16.2 Å². The molecular weight excluding hydrogens is 312 g/mol. The zero-order valence-electron chi connectivity index (χ0n) is 14.0. The Bertz CT molecular complexity index is 913. The highest BCUT2D eigenvalue weighted by atomic mass is 32.2. The first-order valence-electron chi connectivity index (χ1n) is 7.18. The zero-order chi connectivity index (χ0) is 17.4. The molecule has 0 bridgehead atoms. The zero-order valence-corrected chi connectivity index (χ0v) is 14.8. The summed E-state index contributed by atoms with van der Waals surface area (Å²) in [7, 11) is 3.05. The number of fused-ring (bicyclic) bond motifs is 1. The molecule has 2 heterocycles. The molecule has 0 saturated heterocycles. The van der Waals surface area contributed by atoms with Gasteiger partial charge in [-0.1, -0.05) is 38.5 Å². The minimum Gasteiger partial charge on any atom is -0.280 e. The van der Waals surface area contributed by atoms with Gasteiger partial charge in [0.25, 0.3) is 5.56 Å². The lowest BCUT2D eigenvalue weighted by Crippen LogP contribution is -2.38. The van der Waals surface area contributed by atoms with Crippen molar-refractivity contribution in [2.75, 3.05) is 5.75 Å². The minimum absolute atomic E-state index is 0.0136. The molecule has 0 aliphatic heterocycles. The number of terminal acetylenes is 1. The van der Waals surface area contributed by atoms with Gasteiger partial charge in [0.15, 0.2) is 5.65 Å². The van der Waals surface area contributed by atoms with Gasteiger partial charge in [-0.25, -0.2) is 14.8 Å². The van der Waals surface area contributed by atoms with Crippen LogP contribution in [0.1, 0.15) is 26.6 Å². The fraction of sp³-hybridized carbons (Fsp3) is 0.500. The van der Waals surface area contributed by atoms with Gasteiger partial charge in [-0.2, -0.15) is 0 Å². The normalized spacial score (nSPS) is 11.7. The van der Waals surface area contributed by atoms with E-state index in [0.29, 0.717) is 34.1 Å². The fourth-order valence-corrected chi connectivity index (χ4v) is 2.95. The van der Waals surface area contributed by atoms with E-state index in [2.05, 4.69) is 36.7 Å². The predicted molar refractivity (Wildman–Crippen MR) is 92.7 cm³/mol. The number of thioether (sulfide) groups is 1. The molecule has 0 atom stereocenters. The summed E-state index contributed by atoms with van der Waals surface area (Å²) >= 11 is 1.31. The van der Waals surface area contributed by atoms with Crippen LogP contribution < -0.4 is 11.2 Å². The van der Waals surface area contributed by atoms with Crippen LogP contribution in [-0.4, -0.2) is 24.9 Å². The third-order valence-corrected chi connectivity index (χ3v) is 4.17. The summed E-state index contributed by atoms with van der Waals surface area (Å²) in [5.74, 6) is 3.53. The van der Waals surface area contributed by atoms with Crippen molar-refractivity contribution in [3.63, 3.8) is 0 Å². The molecule has 7 heteroatoms. The second-order valence-electron chi connectivity index (χ2n) is 6.58. The summed E-state index contributed by atoms with van der Waals surface area (Å²) in [6.07, 6.45) is 5.96. The van der Waals surface area contributed by atoms with Crippen LogP contribution in [0, 0.1) is 17.8 Å². The van der Waals surface area contributed by atoms with E-state index < -0.39 is 11.2 Å². The molecule has 0 amide bonds. The topological polar surface area (TPSA) is 69.8 Å². The fourth-order valence-electron chi connectivity index (χ4n) is 2.24. The molecule has 0 aliphatic carbocycles. The third-order valence-electron chi connectivity index (χ3n) is 3.29. The van der Waals surface area contributed by atoms with Crippen molar-refractivity contribution in [3.8, 4) is 12.3 Å². The van der Waals surface area contributed by atoms with Gasteiger partial charge >= 0.3 is 5.69 Å². The highest BCUT2D eigenvalue weighted by molar-refractivity contribution is 7.99. The molecule has 0 saturated carbocycles. The first-order valence-corrected chi connectivity index (χ1v) is 8.17. The van der Waals surface area contributed by atoms with E-state index in [1.807, 2.05) is 0 Å². The lowest BCUT2D eigenvalue weighted by molar-refractivity contribution is 0.399. The summed E-state index contributed by atoms with van der Waals surface area (Å²) in [6, 6.07) is 0.